The molecule has 1 heterocycles. The lowest BCUT2D eigenvalue weighted by atomic mass is 10.1. The summed E-state index contributed by atoms with van der Waals surface area (Å²) in [7, 11) is 1.56. The van der Waals surface area contributed by atoms with Crippen LogP contribution in [0.5, 0.6) is 11.5 Å². The van der Waals surface area contributed by atoms with Gasteiger partial charge in [0.1, 0.15) is 6.10 Å². The molecule has 0 aliphatic rings. The first-order valence-electron chi connectivity index (χ1n) is 6.61. The molecule has 0 amide bonds. The maximum Gasteiger partial charge on any atom is 0.162 e. The van der Waals surface area contributed by atoms with Gasteiger partial charge in [-0.25, -0.2) is 0 Å². The van der Waals surface area contributed by atoms with Gasteiger partial charge in [-0.1, -0.05) is 0 Å². The van der Waals surface area contributed by atoms with Crippen molar-refractivity contribution in [3.8, 4) is 17.6 Å². The highest BCUT2D eigenvalue weighted by molar-refractivity contribution is 7.10. The second-order valence-electron chi connectivity index (χ2n) is 4.84. The smallest absolute Gasteiger partial charge is 0.162 e. The van der Waals surface area contributed by atoms with Crippen LogP contribution in [0.15, 0.2) is 29.6 Å². The monoisotopic (exact) mass is 302 g/mol. The first-order valence-corrected chi connectivity index (χ1v) is 7.49. The van der Waals surface area contributed by atoms with E-state index in [-0.39, 0.29) is 12.1 Å². The fourth-order valence-corrected chi connectivity index (χ4v) is 3.12. The van der Waals surface area contributed by atoms with Gasteiger partial charge < -0.3 is 15.2 Å². The maximum absolute atomic E-state index is 8.94. The topological polar surface area (TPSA) is 68.3 Å². The van der Waals surface area contributed by atoms with E-state index in [1.165, 1.54) is 0 Å². The summed E-state index contributed by atoms with van der Waals surface area (Å²) in [5.74, 6) is 1.13. The largest absolute Gasteiger partial charge is 0.493 e. The van der Waals surface area contributed by atoms with Crippen LogP contribution in [0.25, 0.3) is 0 Å². The Balaban J connectivity index is 2.34. The van der Waals surface area contributed by atoms with Gasteiger partial charge in [-0.2, -0.15) is 5.26 Å². The molecule has 0 radical (unpaired) electrons. The number of hydrogen-bond acceptors (Lipinski definition) is 5. The lowest BCUT2D eigenvalue weighted by Gasteiger charge is -2.23. The van der Waals surface area contributed by atoms with Crippen molar-refractivity contribution in [2.45, 2.75) is 26.0 Å². The second kappa shape index (κ2) is 6.61. The van der Waals surface area contributed by atoms with Crippen LogP contribution in [0.2, 0.25) is 0 Å². The molecule has 0 aliphatic carbocycles. The molecule has 1 aromatic heterocycles. The fraction of sp³-hybridized carbons (Fsp3) is 0.312. The Hall–Kier alpha value is -2.03. The molecule has 2 rings (SSSR count). The lowest BCUT2D eigenvalue weighted by molar-refractivity contribution is 0.176. The Morgan fingerprint density at radius 1 is 1.29 bits per heavy atom. The number of ether oxygens (including phenoxy) is 2. The zero-order chi connectivity index (χ0) is 15.4. The van der Waals surface area contributed by atoms with Crippen molar-refractivity contribution in [2.24, 2.45) is 5.73 Å². The van der Waals surface area contributed by atoms with E-state index >= 15 is 0 Å². The molecule has 2 atom stereocenters. The van der Waals surface area contributed by atoms with Crippen LogP contribution in [0.1, 0.15) is 29.0 Å². The van der Waals surface area contributed by atoms with Crippen molar-refractivity contribution in [1.82, 2.24) is 0 Å². The maximum atomic E-state index is 8.94. The third-order valence-electron chi connectivity index (χ3n) is 3.18. The zero-order valence-corrected chi connectivity index (χ0v) is 13.1. The Morgan fingerprint density at radius 3 is 2.57 bits per heavy atom. The Kier molecular flexibility index (Phi) is 4.84. The van der Waals surface area contributed by atoms with Crippen LogP contribution in [0, 0.1) is 18.3 Å². The predicted octanol–water partition coefficient (Wildman–Crippen LogP) is 3.40. The third kappa shape index (κ3) is 3.35. The summed E-state index contributed by atoms with van der Waals surface area (Å²) in [5, 5.41) is 11.0. The summed E-state index contributed by atoms with van der Waals surface area (Å²) < 4.78 is 11.4. The minimum absolute atomic E-state index is 0.164. The number of aryl methyl sites for hydroxylation is 1. The average molecular weight is 302 g/mol. The summed E-state index contributed by atoms with van der Waals surface area (Å²) >= 11 is 1.63. The van der Waals surface area contributed by atoms with Crippen LogP contribution in [0.3, 0.4) is 0 Å². The van der Waals surface area contributed by atoms with Crippen LogP contribution in [-0.2, 0) is 0 Å². The van der Waals surface area contributed by atoms with E-state index in [2.05, 4.69) is 12.1 Å². The summed E-state index contributed by atoms with van der Waals surface area (Å²) in [6, 6.07) is 9.08. The number of hydrogen-bond donors (Lipinski definition) is 1. The Bertz CT molecular complexity index is 659. The van der Waals surface area contributed by atoms with E-state index in [9.17, 15) is 0 Å². The summed E-state index contributed by atoms with van der Waals surface area (Å²) in [6.07, 6.45) is -0.244. The number of nitrogens with zero attached hydrogens (tertiary/aromatic N) is 1. The van der Waals surface area contributed by atoms with E-state index < -0.39 is 0 Å². The zero-order valence-electron chi connectivity index (χ0n) is 12.3. The number of nitrogens with two attached hydrogens (primary N) is 1. The van der Waals surface area contributed by atoms with Crippen LogP contribution in [0.4, 0.5) is 0 Å². The first-order chi connectivity index (χ1) is 10.1. The minimum Gasteiger partial charge on any atom is -0.493 e. The second-order valence-corrected chi connectivity index (χ2v) is 5.79. The average Bonchev–Trinajstić information content (AvgIpc) is 2.90. The van der Waals surface area contributed by atoms with Crippen LogP contribution < -0.4 is 15.2 Å². The quantitative estimate of drug-likeness (QED) is 0.919. The van der Waals surface area contributed by atoms with Crippen LogP contribution in [-0.4, -0.2) is 13.2 Å². The van der Waals surface area contributed by atoms with Gasteiger partial charge in [-0.05, 0) is 43.0 Å². The van der Waals surface area contributed by atoms with E-state index in [1.54, 1.807) is 36.6 Å². The highest BCUT2D eigenvalue weighted by Crippen LogP contribution is 2.35. The van der Waals surface area contributed by atoms with Gasteiger partial charge in [-0.15, -0.1) is 11.3 Å². The third-order valence-corrected chi connectivity index (χ3v) is 4.26. The lowest BCUT2D eigenvalue weighted by Crippen LogP contribution is -2.29. The van der Waals surface area contributed by atoms with Gasteiger partial charge in [0.2, 0.25) is 0 Å². The molecule has 0 fully saturated rings. The van der Waals surface area contributed by atoms with Gasteiger partial charge >= 0.3 is 0 Å². The number of methoxy groups -OCH3 is 1. The van der Waals surface area contributed by atoms with E-state index in [4.69, 9.17) is 20.5 Å². The molecule has 5 heteroatoms. The van der Waals surface area contributed by atoms with Gasteiger partial charge in [0, 0.05) is 17.0 Å². The van der Waals surface area contributed by atoms with Crippen molar-refractivity contribution < 1.29 is 9.47 Å². The minimum atomic E-state index is -0.244. The van der Waals surface area contributed by atoms with E-state index in [0.717, 1.165) is 10.4 Å². The first kappa shape index (κ1) is 15.4. The molecule has 110 valence electrons. The molecule has 0 aliphatic heterocycles. The molecule has 1 aromatic carbocycles. The van der Waals surface area contributed by atoms with Crippen molar-refractivity contribution in [3.05, 3.63) is 45.6 Å². The number of benzene rings is 1. The van der Waals surface area contributed by atoms with Crippen molar-refractivity contribution in [1.29, 1.82) is 5.26 Å². The normalized spacial score (nSPS) is 13.3. The molecular weight excluding hydrogens is 284 g/mol. The molecule has 2 unspecified atom stereocenters. The molecular formula is C16H18N2O2S. The summed E-state index contributed by atoms with van der Waals surface area (Å²) in [6.45, 7) is 3.96. The van der Waals surface area contributed by atoms with Crippen molar-refractivity contribution in [3.63, 3.8) is 0 Å². The van der Waals surface area contributed by atoms with Gasteiger partial charge in [0.05, 0.1) is 18.7 Å². The standard InChI is InChI=1S/C16H18N2O2S/c1-10-6-7-21-16(10)15(11(2)18)20-13-5-4-12(9-17)8-14(13)19-3/h4-8,11,15H,18H2,1-3H3. The summed E-state index contributed by atoms with van der Waals surface area (Å²) in [4.78, 5) is 1.11. The molecule has 0 saturated carbocycles. The molecule has 2 aromatic rings. The highest BCUT2D eigenvalue weighted by atomic mass is 32.1. The molecule has 2 N–H and O–H groups in total. The summed E-state index contributed by atoms with van der Waals surface area (Å²) in [5.41, 5.74) is 7.77. The molecule has 4 nitrogen and oxygen atoms in total. The molecule has 0 saturated heterocycles. The van der Waals surface area contributed by atoms with Gasteiger partial charge in [0.15, 0.2) is 11.5 Å². The Morgan fingerprint density at radius 2 is 2.05 bits per heavy atom. The highest BCUT2D eigenvalue weighted by Gasteiger charge is 2.23. The molecule has 0 spiro atoms. The van der Waals surface area contributed by atoms with Crippen molar-refractivity contribution >= 4 is 11.3 Å². The van der Waals surface area contributed by atoms with Gasteiger partial charge in [0.25, 0.3) is 0 Å². The molecule has 21 heavy (non-hydrogen) atoms. The van der Waals surface area contributed by atoms with Crippen molar-refractivity contribution in [2.75, 3.05) is 7.11 Å². The Labute approximate surface area is 128 Å². The SMILES string of the molecule is COc1cc(C#N)ccc1OC(c1sccc1C)C(C)N. The van der Waals surface area contributed by atoms with Gasteiger partial charge in [-0.3, -0.25) is 0 Å². The number of thiophene rings is 1. The number of rotatable bonds is 5. The van der Waals surface area contributed by atoms with E-state index in [1.807, 2.05) is 19.2 Å². The van der Waals surface area contributed by atoms with Crippen LogP contribution >= 0.6 is 11.3 Å². The predicted molar refractivity (Wildman–Crippen MR) is 83.8 cm³/mol. The molecule has 0 bridgehead atoms. The fourth-order valence-electron chi connectivity index (χ4n) is 2.05. The number of nitriles is 1. The van der Waals surface area contributed by atoms with E-state index in [0.29, 0.717) is 17.1 Å².